The Labute approximate surface area is 197 Å². The maximum absolute atomic E-state index is 2.42. The molecule has 0 heterocycles. The fraction of sp³-hybridized carbons (Fsp3) is 0.500. The summed E-state index contributed by atoms with van der Waals surface area (Å²) < 4.78 is 0. The average Bonchev–Trinajstić information content (AvgIpc) is 2.83. The van der Waals surface area contributed by atoms with Gasteiger partial charge in [0.2, 0.25) is 0 Å². The zero-order valence-corrected chi connectivity index (χ0v) is 21.1. The number of unbranched alkanes of at least 4 members (excludes halogenated alkanes) is 4. The highest BCUT2D eigenvalue weighted by Gasteiger charge is 2.24. The van der Waals surface area contributed by atoms with Gasteiger partial charge in [0.15, 0.2) is 0 Å². The maximum atomic E-state index is 2.42. The van der Waals surface area contributed by atoms with Crippen molar-refractivity contribution in [3.05, 3.63) is 70.8 Å². The Kier molecular flexibility index (Phi) is 9.85. The van der Waals surface area contributed by atoms with Crippen LogP contribution in [0.2, 0.25) is 0 Å². The van der Waals surface area contributed by atoms with Gasteiger partial charge in [-0.1, -0.05) is 102 Å². The Balaban J connectivity index is 2.36. The predicted octanol–water partition coefficient (Wildman–Crippen LogP) is 10.6. The second-order valence-electron chi connectivity index (χ2n) is 9.42. The van der Waals surface area contributed by atoms with E-state index in [1.54, 1.807) is 22.3 Å². The van der Waals surface area contributed by atoms with Gasteiger partial charge in [-0.05, 0) is 95.9 Å². The molecule has 0 unspecified atom stereocenters. The lowest BCUT2D eigenvalue weighted by atomic mass is 9.76. The monoisotopic (exact) mass is 428 g/mol. The fourth-order valence-electron chi connectivity index (χ4n) is 5.23. The smallest absolute Gasteiger partial charge is 0.0146 e. The van der Waals surface area contributed by atoms with Gasteiger partial charge in [-0.2, -0.15) is 0 Å². The molecule has 0 aromatic heterocycles. The second kappa shape index (κ2) is 12.8. The molecule has 0 bridgehead atoms. The molecule has 0 saturated heterocycles. The Morgan fingerprint density at radius 1 is 0.375 bits per heavy atom. The van der Waals surface area contributed by atoms with E-state index in [1.807, 2.05) is 0 Å². The molecule has 0 spiro atoms. The van der Waals surface area contributed by atoms with Crippen LogP contribution in [0.4, 0.5) is 0 Å². The first-order valence-corrected chi connectivity index (χ1v) is 13.4. The number of fused-ring (bicyclic) bond motifs is 2. The van der Waals surface area contributed by atoms with Crippen molar-refractivity contribution in [1.29, 1.82) is 0 Å². The first kappa shape index (κ1) is 24.6. The average molecular weight is 429 g/mol. The first-order valence-electron chi connectivity index (χ1n) is 13.4. The van der Waals surface area contributed by atoms with Crippen molar-refractivity contribution in [3.8, 4) is 0 Å². The third-order valence-electron chi connectivity index (χ3n) is 7.00. The van der Waals surface area contributed by atoms with E-state index in [0.29, 0.717) is 0 Å². The van der Waals surface area contributed by atoms with Crippen molar-refractivity contribution in [3.63, 3.8) is 0 Å². The minimum Gasteiger partial charge on any atom is -0.0654 e. The number of rotatable bonds is 12. The van der Waals surface area contributed by atoms with Crippen LogP contribution in [0.1, 0.15) is 127 Å². The Morgan fingerprint density at radius 2 is 0.594 bits per heavy atom. The summed E-state index contributed by atoms with van der Waals surface area (Å²) in [5, 5.41) is 0. The largest absolute Gasteiger partial charge is 0.0654 e. The van der Waals surface area contributed by atoms with Gasteiger partial charge in [0.25, 0.3) is 0 Å². The SMILES string of the molecule is CCCC/C1=C(\CCCC)c2ccccc2/C(CCCC)=C(/CCCC)c2ccccc21. The second-order valence-corrected chi connectivity index (χ2v) is 9.42. The molecule has 0 nitrogen and oxygen atoms in total. The summed E-state index contributed by atoms with van der Waals surface area (Å²) in [4.78, 5) is 0. The van der Waals surface area contributed by atoms with Gasteiger partial charge in [0.1, 0.15) is 0 Å². The van der Waals surface area contributed by atoms with E-state index in [1.165, 1.54) is 99.3 Å². The quantitative estimate of drug-likeness (QED) is 0.315. The van der Waals surface area contributed by atoms with Crippen molar-refractivity contribution in [1.82, 2.24) is 0 Å². The fourth-order valence-corrected chi connectivity index (χ4v) is 5.23. The molecule has 0 atom stereocenters. The van der Waals surface area contributed by atoms with Crippen LogP contribution in [0.25, 0.3) is 22.3 Å². The van der Waals surface area contributed by atoms with Gasteiger partial charge in [-0.3, -0.25) is 0 Å². The summed E-state index contributed by atoms with van der Waals surface area (Å²) in [6.07, 6.45) is 14.8. The Bertz CT molecular complexity index is 773. The molecule has 32 heavy (non-hydrogen) atoms. The van der Waals surface area contributed by atoms with E-state index >= 15 is 0 Å². The molecule has 0 N–H and O–H groups in total. The van der Waals surface area contributed by atoms with Crippen molar-refractivity contribution in [2.24, 2.45) is 0 Å². The summed E-state index contributed by atoms with van der Waals surface area (Å²) in [5.74, 6) is 0. The van der Waals surface area contributed by atoms with Gasteiger partial charge in [-0.25, -0.2) is 0 Å². The molecule has 172 valence electrons. The molecule has 0 saturated carbocycles. The lowest BCUT2D eigenvalue weighted by Gasteiger charge is -2.28. The molecule has 0 radical (unpaired) electrons. The number of hydrogen-bond acceptors (Lipinski definition) is 0. The van der Waals surface area contributed by atoms with Crippen LogP contribution in [-0.2, 0) is 0 Å². The summed E-state index contributed by atoms with van der Waals surface area (Å²) >= 11 is 0. The highest BCUT2D eigenvalue weighted by molar-refractivity contribution is 6.04. The van der Waals surface area contributed by atoms with Crippen LogP contribution >= 0.6 is 0 Å². The van der Waals surface area contributed by atoms with Gasteiger partial charge < -0.3 is 0 Å². The first-order chi connectivity index (χ1) is 15.8. The van der Waals surface area contributed by atoms with Crippen LogP contribution in [0, 0.1) is 0 Å². The van der Waals surface area contributed by atoms with E-state index in [4.69, 9.17) is 0 Å². The minimum atomic E-state index is 1.19. The van der Waals surface area contributed by atoms with Gasteiger partial charge in [0, 0.05) is 0 Å². The molecule has 2 aromatic carbocycles. The van der Waals surface area contributed by atoms with Crippen LogP contribution in [0.15, 0.2) is 48.5 Å². The minimum absolute atomic E-state index is 1.19. The normalized spacial score (nSPS) is 18.1. The van der Waals surface area contributed by atoms with E-state index in [0.717, 1.165) is 0 Å². The number of hydrogen-bond donors (Lipinski definition) is 0. The van der Waals surface area contributed by atoms with Gasteiger partial charge in [-0.15, -0.1) is 0 Å². The molecule has 0 aliphatic heterocycles. The zero-order chi connectivity index (χ0) is 22.8. The molecule has 1 aliphatic rings. The van der Waals surface area contributed by atoms with E-state index in [2.05, 4.69) is 76.2 Å². The van der Waals surface area contributed by atoms with Gasteiger partial charge in [0.05, 0.1) is 0 Å². The summed E-state index contributed by atoms with van der Waals surface area (Å²) in [6, 6.07) is 18.7. The summed E-state index contributed by atoms with van der Waals surface area (Å²) in [5.41, 5.74) is 12.5. The summed E-state index contributed by atoms with van der Waals surface area (Å²) in [6.45, 7) is 9.30. The third kappa shape index (κ3) is 5.64. The van der Waals surface area contributed by atoms with Crippen LogP contribution in [0.5, 0.6) is 0 Å². The lowest BCUT2D eigenvalue weighted by Crippen LogP contribution is -2.06. The molecule has 2 aromatic rings. The lowest BCUT2D eigenvalue weighted by molar-refractivity contribution is 0.801. The van der Waals surface area contributed by atoms with Crippen molar-refractivity contribution in [2.45, 2.75) is 105 Å². The van der Waals surface area contributed by atoms with Crippen LogP contribution in [-0.4, -0.2) is 0 Å². The van der Waals surface area contributed by atoms with E-state index in [-0.39, 0.29) is 0 Å². The third-order valence-corrected chi connectivity index (χ3v) is 7.00. The number of benzene rings is 2. The van der Waals surface area contributed by atoms with Crippen molar-refractivity contribution >= 4 is 22.3 Å². The molecule has 0 amide bonds. The van der Waals surface area contributed by atoms with E-state index in [9.17, 15) is 0 Å². The zero-order valence-electron chi connectivity index (χ0n) is 21.1. The van der Waals surface area contributed by atoms with E-state index < -0.39 is 0 Å². The van der Waals surface area contributed by atoms with Gasteiger partial charge >= 0.3 is 0 Å². The molecule has 1 aliphatic carbocycles. The standard InChI is InChI=1S/C32H44/c1-5-9-17-25-26(18-10-6-2)30-22-15-16-24-32(30)28(20-12-8-4)27(19-11-7-3)31-23-14-13-21-29(25)31/h13-16,21-24H,5-12,17-20H2,1-4H3/b26-25-,28-27-,29-25?,30-26?,31-27?,32-28?. The molecule has 0 heteroatoms. The van der Waals surface area contributed by atoms with Crippen LogP contribution < -0.4 is 0 Å². The highest BCUT2D eigenvalue weighted by atomic mass is 14.3. The Morgan fingerprint density at radius 3 is 0.781 bits per heavy atom. The number of allylic oxidation sites excluding steroid dienone is 4. The van der Waals surface area contributed by atoms with Crippen LogP contribution in [0.3, 0.4) is 0 Å². The predicted molar refractivity (Wildman–Crippen MR) is 145 cm³/mol. The molecular formula is C32H44. The molecular weight excluding hydrogens is 384 g/mol. The van der Waals surface area contributed by atoms with Crippen molar-refractivity contribution < 1.29 is 0 Å². The van der Waals surface area contributed by atoms with Crippen molar-refractivity contribution in [2.75, 3.05) is 0 Å². The highest BCUT2D eigenvalue weighted by Crippen LogP contribution is 2.46. The topological polar surface area (TPSA) is 0 Å². The molecule has 0 fully saturated rings. The summed E-state index contributed by atoms with van der Waals surface area (Å²) in [7, 11) is 0. The maximum Gasteiger partial charge on any atom is -0.0146 e. The molecule has 3 rings (SSSR count). The Hall–Kier alpha value is -2.08.